The van der Waals surface area contributed by atoms with Gasteiger partial charge in [0.15, 0.2) is 5.65 Å². The Balaban J connectivity index is 1.97. The van der Waals surface area contributed by atoms with Gasteiger partial charge in [-0.25, -0.2) is 9.78 Å². The summed E-state index contributed by atoms with van der Waals surface area (Å²) in [5.41, 5.74) is 0.279. The van der Waals surface area contributed by atoms with E-state index in [0.29, 0.717) is 11.6 Å². The summed E-state index contributed by atoms with van der Waals surface area (Å²) in [6.07, 6.45) is 2.78. The Kier molecular flexibility index (Phi) is 4.34. The minimum Gasteiger partial charge on any atom is -0.477 e. The van der Waals surface area contributed by atoms with Crippen molar-refractivity contribution in [2.75, 3.05) is 29.5 Å². The molecule has 1 fully saturated rings. The second-order valence-electron chi connectivity index (χ2n) is 5.89. The molecule has 1 aromatic carbocycles. The Morgan fingerprint density at radius 2 is 1.88 bits per heavy atom. The molecule has 4 rings (SSSR count). The number of aromatic nitrogens is 3. The minimum absolute atomic E-state index is 0.198. The standard InChI is InChI=1S/C18H16N4O3S/c23-15-13-10-19-18(21-6-8-26-9-7-21)20-16(13)22(11-14(15)17(24)25)12-4-2-1-3-5-12/h1-5,10-11H,6-9H2,(H,24,25). The van der Waals surface area contributed by atoms with Gasteiger partial charge in [-0.15, -0.1) is 0 Å². The van der Waals surface area contributed by atoms with E-state index < -0.39 is 11.4 Å². The molecule has 3 aromatic rings. The van der Waals surface area contributed by atoms with Gasteiger partial charge in [0.05, 0.1) is 5.39 Å². The first-order valence-electron chi connectivity index (χ1n) is 8.19. The van der Waals surface area contributed by atoms with Crippen molar-refractivity contribution in [1.29, 1.82) is 0 Å². The highest BCUT2D eigenvalue weighted by Crippen LogP contribution is 2.20. The molecule has 1 N–H and O–H groups in total. The largest absolute Gasteiger partial charge is 0.477 e. The van der Waals surface area contributed by atoms with Crippen LogP contribution in [-0.2, 0) is 0 Å². The second-order valence-corrected chi connectivity index (χ2v) is 7.11. The molecule has 0 radical (unpaired) electrons. The van der Waals surface area contributed by atoms with Gasteiger partial charge in [-0.1, -0.05) is 18.2 Å². The maximum atomic E-state index is 12.5. The number of aromatic carboxylic acids is 1. The van der Waals surface area contributed by atoms with Crippen LogP contribution in [0.25, 0.3) is 16.7 Å². The van der Waals surface area contributed by atoms with Crippen molar-refractivity contribution in [2.45, 2.75) is 0 Å². The first-order valence-corrected chi connectivity index (χ1v) is 9.34. The van der Waals surface area contributed by atoms with Crippen molar-refractivity contribution in [3.63, 3.8) is 0 Å². The van der Waals surface area contributed by atoms with E-state index in [4.69, 9.17) is 0 Å². The lowest BCUT2D eigenvalue weighted by molar-refractivity contribution is 0.0695. The molecule has 8 heteroatoms. The van der Waals surface area contributed by atoms with E-state index in [-0.39, 0.29) is 10.9 Å². The van der Waals surface area contributed by atoms with Gasteiger partial charge in [0.1, 0.15) is 5.56 Å². The van der Waals surface area contributed by atoms with Gasteiger partial charge in [-0.2, -0.15) is 16.7 Å². The van der Waals surface area contributed by atoms with Crippen LogP contribution >= 0.6 is 11.8 Å². The number of nitrogens with zero attached hydrogens (tertiary/aromatic N) is 4. The molecule has 26 heavy (non-hydrogen) atoms. The van der Waals surface area contributed by atoms with Crippen LogP contribution in [0.2, 0.25) is 0 Å². The summed E-state index contributed by atoms with van der Waals surface area (Å²) in [5, 5.41) is 9.59. The van der Waals surface area contributed by atoms with E-state index in [1.165, 1.54) is 12.4 Å². The number of hydrogen-bond donors (Lipinski definition) is 1. The van der Waals surface area contributed by atoms with Crippen LogP contribution in [-0.4, -0.2) is 50.2 Å². The number of anilines is 1. The summed E-state index contributed by atoms with van der Waals surface area (Å²) in [6, 6.07) is 9.26. The van der Waals surface area contributed by atoms with Crippen LogP contribution < -0.4 is 10.3 Å². The molecular formula is C18H16N4O3S. The molecule has 0 saturated carbocycles. The molecular weight excluding hydrogens is 352 g/mol. The van der Waals surface area contributed by atoms with Crippen LogP contribution in [0.5, 0.6) is 0 Å². The maximum Gasteiger partial charge on any atom is 0.341 e. The molecule has 7 nitrogen and oxygen atoms in total. The molecule has 0 atom stereocenters. The number of carboxylic acids is 1. The molecule has 3 heterocycles. The van der Waals surface area contributed by atoms with E-state index in [1.807, 2.05) is 42.1 Å². The maximum absolute atomic E-state index is 12.5. The van der Waals surface area contributed by atoms with E-state index in [9.17, 15) is 14.7 Å². The van der Waals surface area contributed by atoms with Crippen molar-refractivity contribution in [3.8, 4) is 5.69 Å². The van der Waals surface area contributed by atoms with Crippen LogP contribution in [0, 0.1) is 0 Å². The Labute approximate surface area is 153 Å². The lowest BCUT2D eigenvalue weighted by Gasteiger charge is -2.26. The van der Waals surface area contributed by atoms with Crippen molar-refractivity contribution < 1.29 is 9.90 Å². The molecule has 2 aromatic heterocycles. The fourth-order valence-corrected chi connectivity index (χ4v) is 3.86. The molecule has 0 aliphatic carbocycles. The van der Waals surface area contributed by atoms with Gasteiger partial charge in [0, 0.05) is 42.7 Å². The summed E-state index contributed by atoms with van der Waals surface area (Å²) < 4.78 is 1.64. The predicted molar refractivity (Wildman–Crippen MR) is 102 cm³/mol. The van der Waals surface area contributed by atoms with Crippen molar-refractivity contribution >= 4 is 34.7 Å². The summed E-state index contributed by atoms with van der Waals surface area (Å²) >= 11 is 1.89. The zero-order valence-corrected chi connectivity index (χ0v) is 14.6. The number of benzene rings is 1. The zero-order chi connectivity index (χ0) is 18.1. The quantitative estimate of drug-likeness (QED) is 0.757. The summed E-state index contributed by atoms with van der Waals surface area (Å²) in [6.45, 7) is 1.69. The fourth-order valence-electron chi connectivity index (χ4n) is 2.96. The van der Waals surface area contributed by atoms with Crippen LogP contribution in [0.15, 0.2) is 47.5 Å². The van der Waals surface area contributed by atoms with Crippen molar-refractivity contribution in [1.82, 2.24) is 14.5 Å². The molecule has 0 spiro atoms. The van der Waals surface area contributed by atoms with E-state index in [1.54, 1.807) is 4.57 Å². The van der Waals surface area contributed by atoms with Crippen molar-refractivity contribution in [2.24, 2.45) is 0 Å². The third kappa shape index (κ3) is 2.92. The Morgan fingerprint density at radius 3 is 2.58 bits per heavy atom. The van der Waals surface area contributed by atoms with Gasteiger partial charge in [0.2, 0.25) is 11.4 Å². The predicted octanol–water partition coefficient (Wildman–Crippen LogP) is 2.03. The molecule has 1 aliphatic rings. The number of pyridine rings is 1. The minimum atomic E-state index is -1.27. The van der Waals surface area contributed by atoms with Crippen molar-refractivity contribution in [3.05, 3.63) is 58.5 Å². The van der Waals surface area contributed by atoms with Crippen LogP contribution in [0.1, 0.15) is 10.4 Å². The fraction of sp³-hybridized carbons (Fsp3) is 0.222. The number of carboxylic acid groups (broad SMARTS) is 1. The highest BCUT2D eigenvalue weighted by molar-refractivity contribution is 7.99. The van der Waals surface area contributed by atoms with Gasteiger partial charge in [0.25, 0.3) is 0 Å². The SMILES string of the molecule is O=C(O)c1cn(-c2ccccc2)c2nc(N3CCSCC3)ncc2c1=O. The second kappa shape index (κ2) is 6.80. The Morgan fingerprint density at radius 1 is 1.15 bits per heavy atom. The number of carbonyl (C=O) groups is 1. The normalized spacial score (nSPS) is 14.5. The van der Waals surface area contributed by atoms with Gasteiger partial charge in [-0.3, -0.25) is 4.79 Å². The third-order valence-corrected chi connectivity index (χ3v) is 5.23. The van der Waals surface area contributed by atoms with E-state index in [0.717, 1.165) is 30.3 Å². The van der Waals surface area contributed by atoms with Crippen LogP contribution in [0.4, 0.5) is 5.95 Å². The molecule has 1 saturated heterocycles. The van der Waals surface area contributed by atoms with Gasteiger partial charge >= 0.3 is 5.97 Å². The van der Waals surface area contributed by atoms with E-state index in [2.05, 4.69) is 14.9 Å². The smallest absolute Gasteiger partial charge is 0.341 e. The summed E-state index contributed by atoms with van der Waals surface area (Å²) in [5.74, 6) is 1.30. The van der Waals surface area contributed by atoms with Gasteiger partial charge in [-0.05, 0) is 12.1 Å². The number of rotatable bonds is 3. The monoisotopic (exact) mass is 368 g/mol. The average Bonchev–Trinajstić information content (AvgIpc) is 2.69. The number of fused-ring (bicyclic) bond motifs is 1. The Hall–Kier alpha value is -2.87. The first kappa shape index (κ1) is 16.6. The molecule has 0 bridgehead atoms. The highest BCUT2D eigenvalue weighted by atomic mass is 32.2. The summed E-state index contributed by atoms with van der Waals surface area (Å²) in [7, 11) is 0. The lowest BCUT2D eigenvalue weighted by Crippen LogP contribution is -2.34. The molecule has 0 unspecified atom stereocenters. The number of hydrogen-bond acceptors (Lipinski definition) is 6. The topological polar surface area (TPSA) is 88.3 Å². The van der Waals surface area contributed by atoms with Crippen LogP contribution in [0.3, 0.4) is 0 Å². The number of thioether (sulfide) groups is 1. The lowest BCUT2D eigenvalue weighted by atomic mass is 10.2. The van der Waals surface area contributed by atoms with Gasteiger partial charge < -0.3 is 14.6 Å². The Bertz CT molecular complexity index is 1030. The third-order valence-electron chi connectivity index (χ3n) is 4.29. The average molecular weight is 368 g/mol. The molecule has 0 amide bonds. The highest BCUT2D eigenvalue weighted by Gasteiger charge is 2.19. The van der Waals surface area contributed by atoms with E-state index >= 15 is 0 Å². The zero-order valence-electron chi connectivity index (χ0n) is 13.8. The first-order chi connectivity index (χ1) is 12.6. The molecule has 1 aliphatic heterocycles. The number of para-hydroxylation sites is 1. The molecule has 132 valence electrons. The summed E-state index contributed by atoms with van der Waals surface area (Å²) in [4.78, 5) is 35.1.